The number of hydrogen-bond donors (Lipinski definition) is 0. The Kier molecular flexibility index (Phi) is 3.91. The first-order valence-electron chi connectivity index (χ1n) is 6.86. The second kappa shape index (κ2) is 5.27. The van der Waals surface area contributed by atoms with Gasteiger partial charge >= 0.3 is 0 Å². The fourth-order valence-electron chi connectivity index (χ4n) is 3.18. The van der Waals surface area contributed by atoms with Gasteiger partial charge in [-0.15, -0.1) is 0 Å². The molecule has 4 nitrogen and oxygen atoms in total. The van der Waals surface area contributed by atoms with Crippen molar-refractivity contribution in [3.63, 3.8) is 0 Å². The SMILES string of the molecule is COC1CN(C(=O)C2(C#N)CCCC2)CCC1C. The smallest absolute Gasteiger partial charge is 0.243 e. The van der Waals surface area contributed by atoms with Crippen LogP contribution in [0.4, 0.5) is 0 Å². The summed E-state index contributed by atoms with van der Waals surface area (Å²) in [5, 5.41) is 9.36. The van der Waals surface area contributed by atoms with E-state index in [1.165, 1.54) is 0 Å². The summed E-state index contributed by atoms with van der Waals surface area (Å²) in [4.78, 5) is 14.4. The minimum Gasteiger partial charge on any atom is -0.379 e. The fourth-order valence-corrected chi connectivity index (χ4v) is 3.18. The molecule has 0 N–H and O–H groups in total. The maximum absolute atomic E-state index is 12.6. The summed E-state index contributed by atoms with van der Waals surface area (Å²) in [7, 11) is 1.70. The summed E-state index contributed by atoms with van der Waals surface area (Å²) in [5.74, 6) is 0.525. The quantitative estimate of drug-likeness (QED) is 0.752. The van der Waals surface area contributed by atoms with Gasteiger partial charge in [0.1, 0.15) is 5.41 Å². The molecule has 2 atom stereocenters. The first-order valence-corrected chi connectivity index (χ1v) is 6.86. The lowest BCUT2D eigenvalue weighted by molar-refractivity contribution is -0.143. The molecule has 2 aliphatic rings. The average Bonchev–Trinajstić information content (AvgIpc) is 2.88. The maximum atomic E-state index is 12.6. The van der Waals surface area contributed by atoms with Crippen LogP contribution in [0.1, 0.15) is 39.0 Å². The van der Waals surface area contributed by atoms with E-state index in [4.69, 9.17) is 4.74 Å². The minimum atomic E-state index is -0.737. The van der Waals surface area contributed by atoms with E-state index in [1.54, 1.807) is 7.11 Å². The minimum absolute atomic E-state index is 0.0384. The van der Waals surface area contributed by atoms with Gasteiger partial charge in [0.05, 0.1) is 12.2 Å². The Balaban J connectivity index is 2.07. The van der Waals surface area contributed by atoms with Gasteiger partial charge in [-0.2, -0.15) is 5.26 Å². The third-order valence-electron chi connectivity index (χ3n) is 4.56. The Morgan fingerprint density at radius 2 is 2.11 bits per heavy atom. The Labute approximate surface area is 109 Å². The lowest BCUT2D eigenvalue weighted by Gasteiger charge is -2.39. The number of methoxy groups -OCH3 is 1. The Bertz CT molecular complexity index is 355. The molecule has 1 saturated carbocycles. The van der Waals surface area contributed by atoms with Crippen molar-refractivity contribution in [2.75, 3.05) is 20.2 Å². The van der Waals surface area contributed by atoms with Crippen LogP contribution in [-0.2, 0) is 9.53 Å². The normalized spacial score (nSPS) is 31.1. The van der Waals surface area contributed by atoms with E-state index in [9.17, 15) is 10.1 Å². The molecule has 4 heteroatoms. The monoisotopic (exact) mass is 250 g/mol. The molecule has 18 heavy (non-hydrogen) atoms. The standard InChI is InChI=1S/C14H22N2O2/c1-11-5-8-16(9-12(11)18-2)13(17)14(10-15)6-3-4-7-14/h11-12H,3-9H2,1-2H3. The molecule has 2 rings (SSSR count). The molecule has 1 amide bonds. The van der Waals surface area contributed by atoms with E-state index < -0.39 is 5.41 Å². The molecule has 1 aliphatic heterocycles. The van der Waals surface area contributed by atoms with Gasteiger partial charge in [0.2, 0.25) is 5.91 Å². The number of amides is 1. The third kappa shape index (κ3) is 2.24. The molecule has 0 aromatic rings. The Hall–Kier alpha value is -1.08. The summed E-state index contributed by atoms with van der Waals surface area (Å²) >= 11 is 0. The van der Waals surface area contributed by atoms with Crippen LogP contribution in [0.3, 0.4) is 0 Å². The van der Waals surface area contributed by atoms with Gasteiger partial charge < -0.3 is 9.64 Å². The zero-order chi connectivity index (χ0) is 13.2. The second-order valence-electron chi connectivity index (χ2n) is 5.69. The first kappa shape index (κ1) is 13.4. The molecule has 100 valence electrons. The van der Waals surface area contributed by atoms with Crippen LogP contribution >= 0.6 is 0 Å². The van der Waals surface area contributed by atoms with Crippen LogP contribution in [0.2, 0.25) is 0 Å². The van der Waals surface area contributed by atoms with Gasteiger partial charge in [0.25, 0.3) is 0 Å². The highest BCUT2D eigenvalue weighted by molar-refractivity contribution is 5.86. The van der Waals surface area contributed by atoms with Crippen molar-refractivity contribution < 1.29 is 9.53 Å². The predicted octanol–water partition coefficient (Wildman–Crippen LogP) is 1.95. The lowest BCUT2D eigenvalue weighted by atomic mass is 9.85. The molecule has 0 aromatic carbocycles. The number of rotatable bonds is 2. The average molecular weight is 250 g/mol. The second-order valence-corrected chi connectivity index (χ2v) is 5.69. The summed E-state index contributed by atoms with van der Waals surface area (Å²) in [6.07, 6.45) is 4.53. The van der Waals surface area contributed by atoms with Crippen LogP contribution in [0.5, 0.6) is 0 Å². The van der Waals surface area contributed by atoms with Crippen molar-refractivity contribution in [2.24, 2.45) is 11.3 Å². The number of carbonyl (C=O) groups excluding carboxylic acids is 1. The molecule has 0 bridgehead atoms. The van der Waals surface area contributed by atoms with Gasteiger partial charge in [-0.3, -0.25) is 4.79 Å². The van der Waals surface area contributed by atoms with E-state index >= 15 is 0 Å². The number of hydrogen-bond acceptors (Lipinski definition) is 3. The number of nitriles is 1. The van der Waals surface area contributed by atoms with Crippen molar-refractivity contribution in [2.45, 2.75) is 45.1 Å². The molecular formula is C14H22N2O2. The van der Waals surface area contributed by atoms with Crippen molar-refractivity contribution in [1.82, 2.24) is 4.90 Å². The van der Waals surface area contributed by atoms with Gasteiger partial charge in [0, 0.05) is 20.2 Å². The maximum Gasteiger partial charge on any atom is 0.243 e. The van der Waals surface area contributed by atoms with Crippen molar-refractivity contribution in [3.8, 4) is 6.07 Å². The summed E-state index contributed by atoms with van der Waals surface area (Å²) in [6, 6.07) is 2.29. The summed E-state index contributed by atoms with van der Waals surface area (Å²) in [5.41, 5.74) is -0.737. The number of likely N-dealkylation sites (tertiary alicyclic amines) is 1. The van der Waals surface area contributed by atoms with E-state index in [0.29, 0.717) is 12.5 Å². The lowest BCUT2D eigenvalue weighted by Crippen LogP contribution is -2.51. The molecule has 1 aliphatic carbocycles. The van der Waals surface area contributed by atoms with Crippen LogP contribution < -0.4 is 0 Å². The molecule has 1 heterocycles. The molecule has 1 saturated heterocycles. The molecule has 0 radical (unpaired) electrons. The van der Waals surface area contributed by atoms with Gasteiger partial charge in [0.15, 0.2) is 0 Å². The largest absolute Gasteiger partial charge is 0.379 e. The third-order valence-corrected chi connectivity index (χ3v) is 4.56. The molecule has 0 aromatic heterocycles. The molecular weight excluding hydrogens is 228 g/mol. The number of carbonyl (C=O) groups is 1. The number of ether oxygens (including phenoxy) is 1. The topological polar surface area (TPSA) is 53.3 Å². The van der Waals surface area contributed by atoms with Gasteiger partial charge in [-0.1, -0.05) is 19.8 Å². The zero-order valence-electron chi connectivity index (χ0n) is 11.3. The van der Waals surface area contributed by atoms with Crippen LogP contribution in [0.15, 0.2) is 0 Å². The predicted molar refractivity (Wildman–Crippen MR) is 67.7 cm³/mol. The van der Waals surface area contributed by atoms with Gasteiger partial charge in [-0.25, -0.2) is 0 Å². The van der Waals surface area contributed by atoms with E-state index in [1.807, 2.05) is 4.90 Å². The van der Waals surface area contributed by atoms with Gasteiger partial charge in [-0.05, 0) is 25.2 Å². The highest BCUT2D eigenvalue weighted by Gasteiger charge is 2.45. The highest BCUT2D eigenvalue weighted by Crippen LogP contribution is 2.39. The van der Waals surface area contributed by atoms with Crippen LogP contribution in [0, 0.1) is 22.7 Å². The van der Waals surface area contributed by atoms with E-state index in [0.717, 1.165) is 38.6 Å². The molecule has 0 spiro atoms. The van der Waals surface area contributed by atoms with E-state index in [2.05, 4.69) is 13.0 Å². The van der Waals surface area contributed by atoms with E-state index in [-0.39, 0.29) is 12.0 Å². The Morgan fingerprint density at radius 1 is 1.44 bits per heavy atom. The number of nitrogens with zero attached hydrogens (tertiary/aromatic N) is 2. The van der Waals surface area contributed by atoms with Crippen molar-refractivity contribution in [1.29, 1.82) is 5.26 Å². The summed E-state index contributed by atoms with van der Waals surface area (Å²) < 4.78 is 5.44. The van der Waals surface area contributed by atoms with Crippen LogP contribution in [0.25, 0.3) is 0 Å². The Morgan fingerprint density at radius 3 is 2.67 bits per heavy atom. The summed E-state index contributed by atoms with van der Waals surface area (Å²) in [6.45, 7) is 3.56. The zero-order valence-corrected chi connectivity index (χ0v) is 11.3. The number of piperidine rings is 1. The molecule has 2 fully saturated rings. The molecule has 2 unspecified atom stereocenters. The highest BCUT2D eigenvalue weighted by atomic mass is 16.5. The fraction of sp³-hybridized carbons (Fsp3) is 0.857. The van der Waals surface area contributed by atoms with Crippen molar-refractivity contribution >= 4 is 5.91 Å². The van der Waals surface area contributed by atoms with Crippen molar-refractivity contribution in [3.05, 3.63) is 0 Å². The van der Waals surface area contributed by atoms with Crippen LogP contribution in [-0.4, -0.2) is 37.1 Å². The first-order chi connectivity index (χ1) is 8.63.